The van der Waals surface area contributed by atoms with Crippen molar-refractivity contribution in [1.82, 2.24) is 15.4 Å². The molecule has 0 bridgehead atoms. The molecule has 6 heteroatoms. The zero-order valence-electron chi connectivity index (χ0n) is 8.24. The van der Waals surface area contributed by atoms with Gasteiger partial charge in [0.2, 0.25) is 0 Å². The van der Waals surface area contributed by atoms with Crippen LogP contribution in [0.2, 0.25) is 0 Å². The molecule has 0 radical (unpaired) electrons. The Hall–Kier alpha value is -1.69. The number of hydrogen-bond donors (Lipinski definition) is 1. The molecule has 0 spiro atoms. The third-order valence-electron chi connectivity index (χ3n) is 1.94. The van der Waals surface area contributed by atoms with E-state index in [1.54, 1.807) is 12.1 Å². The number of carbonyl (C=O) groups is 1. The van der Waals surface area contributed by atoms with Gasteiger partial charge in [-0.3, -0.25) is 0 Å². The lowest BCUT2D eigenvalue weighted by Gasteiger charge is -2.02. The van der Waals surface area contributed by atoms with Crippen molar-refractivity contribution in [2.45, 2.75) is 0 Å². The SMILES string of the molecule is C=CCOC(=O)c1cc(Br)c2n[nH]nc2c1. The van der Waals surface area contributed by atoms with Crippen LogP contribution in [0, 0.1) is 0 Å². The lowest BCUT2D eigenvalue weighted by Crippen LogP contribution is -2.05. The third-order valence-corrected chi connectivity index (χ3v) is 2.55. The van der Waals surface area contributed by atoms with Crippen LogP contribution in [0.1, 0.15) is 10.4 Å². The molecular weight excluding hydrogens is 274 g/mol. The van der Waals surface area contributed by atoms with E-state index in [4.69, 9.17) is 4.74 Å². The lowest BCUT2D eigenvalue weighted by molar-refractivity contribution is 0.0550. The molecule has 0 aliphatic carbocycles. The zero-order chi connectivity index (χ0) is 11.5. The summed E-state index contributed by atoms with van der Waals surface area (Å²) in [5.41, 5.74) is 1.72. The Morgan fingerprint density at radius 3 is 3.12 bits per heavy atom. The molecule has 0 saturated heterocycles. The summed E-state index contributed by atoms with van der Waals surface area (Å²) in [5, 5.41) is 10.3. The van der Waals surface area contributed by atoms with Crippen molar-refractivity contribution in [2.24, 2.45) is 0 Å². The van der Waals surface area contributed by atoms with Crippen LogP contribution in [0.15, 0.2) is 29.3 Å². The minimum absolute atomic E-state index is 0.188. The fourth-order valence-electron chi connectivity index (χ4n) is 1.25. The highest BCUT2D eigenvalue weighted by atomic mass is 79.9. The second-order valence-electron chi connectivity index (χ2n) is 3.04. The zero-order valence-corrected chi connectivity index (χ0v) is 9.82. The molecular formula is C10H8BrN3O2. The number of benzene rings is 1. The first kappa shape index (κ1) is 10.8. The predicted molar refractivity (Wildman–Crippen MR) is 62.1 cm³/mol. The molecule has 0 atom stereocenters. The Kier molecular flexibility index (Phi) is 3.00. The monoisotopic (exact) mass is 281 g/mol. The third kappa shape index (κ3) is 1.96. The van der Waals surface area contributed by atoms with E-state index < -0.39 is 5.97 Å². The van der Waals surface area contributed by atoms with Crippen LogP contribution in [0.25, 0.3) is 11.0 Å². The summed E-state index contributed by atoms with van der Waals surface area (Å²) in [6, 6.07) is 3.27. The number of nitrogens with one attached hydrogen (secondary N) is 1. The first-order valence-electron chi connectivity index (χ1n) is 4.50. The van der Waals surface area contributed by atoms with E-state index >= 15 is 0 Å². The number of ether oxygens (including phenoxy) is 1. The molecule has 16 heavy (non-hydrogen) atoms. The minimum atomic E-state index is -0.412. The number of fused-ring (bicyclic) bond motifs is 1. The summed E-state index contributed by atoms with van der Waals surface area (Å²) < 4.78 is 5.62. The molecule has 0 aliphatic rings. The van der Waals surface area contributed by atoms with E-state index in [9.17, 15) is 4.79 Å². The van der Waals surface area contributed by atoms with E-state index in [0.29, 0.717) is 21.1 Å². The number of H-pyrrole nitrogens is 1. The number of esters is 1. The van der Waals surface area contributed by atoms with Crippen LogP contribution in [0.5, 0.6) is 0 Å². The summed E-state index contributed by atoms with van der Waals surface area (Å²) in [4.78, 5) is 11.6. The van der Waals surface area contributed by atoms with Gasteiger partial charge in [0.1, 0.15) is 17.6 Å². The number of nitrogens with zero attached hydrogens (tertiary/aromatic N) is 2. The minimum Gasteiger partial charge on any atom is -0.458 e. The Bertz CT molecular complexity index is 550. The van der Waals surface area contributed by atoms with Gasteiger partial charge in [0, 0.05) is 4.47 Å². The van der Waals surface area contributed by atoms with E-state index in [0.717, 1.165) is 0 Å². The summed E-state index contributed by atoms with van der Waals surface area (Å²) >= 11 is 3.31. The van der Waals surface area contributed by atoms with Crippen molar-refractivity contribution in [3.05, 3.63) is 34.8 Å². The molecule has 2 rings (SSSR count). The van der Waals surface area contributed by atoms with Gasteiger partial charge in [-0.15, -0.1) is 0 Å². The second-order valence-corrected chi connectivity index (χ2v) is 3.89. The van der Waals surface area contributed by atoms with Gasteiger partial charge in [-0.25, -0.2) is 4.79 Å². The maximum atomic E-state index is 11.6. The number of halogens is 1. The number of aromatic amines is 1. The summed E-state index contributed by atoms with van der Waals surface area (Å²) in [7, 11) is 0. The molecule has 0 saturated carbocycles. The molecule has 5 nitrogen and oxygen atoms in total. The second kappa shape index (κ2) is 4.44. The van der Waals surface area contributed by atoms with E-state index in [1.807, 2.05) is 0 Å². The van der Waals surface area contributed by atoms with Crippen LogP contribution in [-0.4, -0.2) is 28.0 Å². The van der Waals surface area contributed by atoms with Gasteiger partial charge in [0.15, 0.2) is 0 Å². The molecule has 0 fully saturated rings. The Morgan fingerprint density at radius 1 is 1.56 bits per heavy atom. The van der Waals surface area contributed by atoms with Gasteiger partial charge in [-0.05, 0) is 28.1 Å². The molecule has 2 aromatic rings. The quantitative estimate of drug-likeness (QED) is 0.691. The van der Waals surface area contributed by atoms with E-state index in [-0.39, 0.29) is 6.61 Å². The van der Waals surface area contributed by atoms with Crippen molar-refractivity contribution in [3.63, 3.8) is 0 Å². The normalized spacial score (nSPS) is 10.3. The van der Waals surface area contributed by atoms with Crippen molar-refractivity contribution < 1.29 is 9.53 Å². The maximum Gasteiger partial charge on any atom is 0.338 e. The maximum absolute atomic E-state index is 11.6. The molecule has 1 aromatic heterocycles. The molecule has 0 aliphatic heterocycles. The van der Waals surface area contributed by atoms with Crippen molar-refractivity contribution in [1.29, 1.82) is 0 Å². The number of rotatable bonds is 3. The van der Waals surface area contributed by atoms with Gasteiger partial charge in [-0.1, -0.05) is 12.7 Å². The summed E-state index contributed by atoms with van der Waals surface area (Å²) in [6.07, 6.45) is 1.52. The fraction of sp³-hybridized carbons (Fsp3) is 0.100. The van der Waals surface area contributed by atoms with Crippen molar-refractivity contribution >= 4 is 32.9 Å². The fourth-order valence-corrected chi connectivity index (χ4v) is 1.78. The van der Waals surface area contributed by atoms with Gasteiger partial charge in [0.25, 0.3) is 0 Å². The van der Waals surface area contributed by atoms with E-state index in [1.165, 1.54) is 6.08 Å². The predicted octanol–water partition coefficient (Wildman–Crippen LogP) is 2.06. The van der Waals surface area contributed by atoms with Crippen LogP contribution in [0.3, 0.4) is 0 Å². The van der Waals surface area contributed by atoms with Crippen LogP contribution >= 0.6 is 15.9 Å². The van der Waals surface area contributed by atoms with Crippen LogP contribution < -0.4 is 0 Å². The highest BCUT2D eigenvalue weighted by Crippen LogP contribution is 2.22. The van der Waals surface area contributed by atoms with Crippen LogP contribution in [0.4, 0.5) is 0 Å². The standard InChI is InChI=1S/C10H8BrN3O2/c1-2-3-16-10(15)6-4-7(11)9-8(5-6)12-14-13-9/h2,4-5H,1,3H2,(H,12,13,14). The van der Waals surface area contributed by atoms with Gasteiger partial charge in [-0.2, -0.15) is 15.4 Å². The molecule has 0 amide bonds. The van der Waals surface area contributed by atoms with Crippen LogP contribution in [-0.2, 0) is 4.74 Å². The molecule has 1 N–H and O–H groups in total. The lowest BCUT2D eigenvalue weighted by atomic mass is 10.2. The van der Waals surface area contributed by atoms with Gasteiger partial charge < -0.3 is 4.74 Å². The largest absolute Gasteiger partial charge is 0.458 e. The summed E-state index contributed by atoms with van der Waals surface area (Å²) in [6.45, 7) is 3.66. The number of hydrogen-bond acceptors (Lipinski definition) is 4. The first-order chi connectivity index (χ1) is 7.72. The van der Waals surface area contributed by atoms with Crippen molar-refractivity contribution in [3.8, 4) is 0 Å². The molecule has 1 aromatic carbocycles. The highest BCUT2D eigenvalue weighted by molar-refractivity contribution is 9.10. The molecule has 82 valence electrons. The van der Waals surface area contributed by atoms with Gasteiger partial charge >= 0.3 is 5.97 Å². The average Bonchev–Trinajstić information content (AvgIpc) is 2.74. The highest BCUT2D eigenvalue weighted by Gasteiger charge is 2.12. The Morgan fingerprint density at radius 2 is 2.38 bits per heavy atom. The molecule has 0 unspecified atom stereocenters. The number of carbonyl (C=O) groups excluding carboxylic acids is 1. The first-order valence-corrected chi connectivity index (χ1v) is 5.29. The summed E-state index contributed by atoms with van der Waals surface area (Å²) in [5.74, 6) is -0.412. The molecule has 1 heterocycles. The smallest absolute Gasteiger partial charge is 0.338 e. The topological polar surface area (TPSA) is 67.9 Å². The van der Waals surface area contributed by atoms with E-state index in [2.05, 4.69) is 37.9 Å². The van der Waals surface area contributed by atoms with Gasteiger partial charge in [0.05, 0.1) is 5.56 Å². The Labute approximate surface area is 99.6 Å². The van der Waals surface area contributed by atoms with Crippen molar-refractivity contribution in [2.75, 3.05) is 6.61 Å². The average molecular weight is 282 g/mol. The number of aromatic nitrogens is 3. The Balaban J connectivity index is 2.37.